The molecular formula is C9H13Cl2OTi. The van der Waals surface area contributed by atoms with Gasteiger partial charge in [-0.3, -0.25) is 0 Å². The van der Waals surface area contributed by atoms with Gasteiger partial charge in [0.05, 0.1) is 0 Å². The van der Waals surface area contributed by atoms with E-state index >= 15 is 0 Å². The van der Waals surface area contributed by atoms with Crippen LogP contribution in [0.5, 0.6) is 0 Å². The van der Waals surface area contributed by atoms with Crippen LogP contribution in [0.3, 0.4) is 0 Å². The van der Waals surface area contributed by atoms with Crippen molar-refractivity contribution in [3.05, 3.63) is 21.6 Å². The summed E-state index contributed by atoms with van der Waals surface area (Å²) >= 11 is 2.21. The van der Waals surface area contributed by atoms with Gasteiger partial charge >= 0.3 is 79.8 Å². The quantitative estimate of drug-likeness (QED) is 0.370. The number of rotatable bonds is 4. The number of allylic oxidation sites excluding steroid dienone is 4. The van der Waals surface area contributed by atoms with Gasteiger partial charge in [0.1, 0.15) is 0 Å². The maximum absolute atomic E-state index is 4.99. The third kappa shape index (κ3) is 5.93. The number of hydrogen-bond acceptors (Lipinski definition) is 1. The predicted molar refractivity (Wildman–Crippen MR) is 41.9 cm³/mol. The van der Waals surface area contributed by atoms with E-state index in [4.69, 9.17) is 4.74 Å². The van der Waals surface area contributed by atoms with Gasteiger partial charge in [-0.15, -0.1) is 0 Å². The summed E-state index contributed by atoms with van der Waals surface area (Å²) in [7, 11) is 1.76. The summed E-state index contributed by atoms with van der Waals surface area (Å²) in [5, 5.41) is 0. The fraction of sp³-hybridized carbons (Fsp3) is 0.556. The van der Waals surface area contributed by atoms with E-state index in [0.29, 0.717) is 0 Å². The maximum atomic E-state index is 4.99. The second-order valence-corrected chi connectivity index (χ2v) is 3.65. The summed E-state index contributed by atoms with van der Waals surface area (Å²) in [6.07, 6.45) is 7.95. The summed E-state index contributed by atoms with van der Waals surface area (Å²) in [6.45, 7) is 0.880. The van der Waals surface area contributed by atoms with Crippen molar-refractivity contribution in [3.8, 4) is 0 Å². The van der Waals surface area contributed by atoms with Gasteiger partial charge in [0.2, 0.25) is 0 Å². The third-order valence-corrected chi connectivity index (χ3v) is 2.64. The van der Waals surface area contributed by atoms with Crippen LogP contribution in [0.25, 0.3) is 0 Å². The third-order valence-electron chi connectivity index (χ3n) is 1.82. The van der Waals surface area contributed by atoms with E-state index < -0.39 is 0 Å². The first kappa shape index (κ1) is 16.2. The Hall–Kier alpha value is 0.734. The molecule has 0 N–H and O–H groups in total. The molecule has 0 aromatic heterocycles. The van der Waals surface area contributed by atoms with E-state index in [2.05, 4.69) is 32.6 Å². The molecule has 1 nitrogen and oxygen atoms in total. The molecule has 0 radical (unpaired) electrons. The maximum Gasteiger partial charge on any atom is -1.00 e. The van der Waals surface area contributed by atoms with E-state index in [1.165, 1.54) is 15.9 Å². The zero-order chi connectivity index (χ0) is 8.10. The van der Waals surface area contributed by atoms with E-state index in [9.17, 15) is 0 Å². The standard InChI is InChI=1S/C9H13O.2ClH.Ti/c1-10-8-4-7-9-5-2-3-6-9;;;/h2,5H,3-4,7-8H2,1H3;2*1H;/q;;;+2/p-2. The van der Waals surface area contributed by atoms with Crippen molar-refractivity contribution < 1.29 is 50.0 Å². The molecule has 13 heavy (non-hydrogen) atoms. The Morgan fingerprint density at radius 2 is 2.15 bits per heavy atom. The molecule has 4 heteroatoms. The summed E-state index contributed by atoms with van der Waals surface area (Å²) in [6, 6.07) is 0. The molecule has 0 unspecified atom stereocenters. The molecule has 0 spiro atoms. The van der Waals surface area contributed by atoms with Gasteiger partial charge in [-0.2, -0.15) is 0 Å². The molecule has 73 valence electrons. The topological polar surface area (TPSA) is 9.23 Å². The van der Waals surface area contributed by atoms with Crippen molar-refractivity contribution in [3.63, 3.8) is 0 Å². The van der Waals surface area contributed by atoms with Crippen LogP contribution in [0.15, 0.2) is 21.6 Å². The first-order valence-corrected chi connectivity index (χ1v) is 4.72. The minimum Gasteiger partial charge on any atom is -1.00 e. The Labute approximate surface area is 104 Å². The van der Waals surface area contributed by atoms with Crippen LogP contribution in [0.1, 0.15) is 19.3 Å². The molecular weight excluding hydrogens is 243 g/mol. The van der Waals surface area contributed by atoms with Gasteiger partial charge in [0.25, 0.3) is 0 Å². The molecule has 0 bridgehead atoms. The number of methoxy groups -OCH3 is 1. The molecule has 0 saturated heterocycles. The Morgan fingerprint density at radius 3 is 2.62 bits per heavy atom. The largest absolute Gasteiger partial charge is 1.00 e. The average molecular weight is 256 g/mol. The zero-order valence-corrected chi connectivity index (χ0v) is 10.7. The van der Waals surface area contributed by atoms with Crippen LogP contribution in [0.4, 0.5) is 0 Å². The van der Waals surface area contributed by atoms with Crippen LogP contribution in [0, 0.1) is 0 Å². The minimum atomic E-state index is 0. The van der Waals surface area contributed by atoms with Crippen molar-refractivity contribution in [1.82, 2.24) is 0 Å². The summed E-state index contributed by atoms with van der Waals surface area (Å²) in [4.78, 5) is 0. The zero-order valence-electron chi connectivity index (χ0n) is 7.65. The molecule has 1 aliphatic rings. The van der Waals surface area contributed by atoms with Crippen molar-refractivity contribution in [1.29, 1.82) is 0 Å². The van der Waals surface area contributed by atoms with Crippen LogP contribution >= 0.6 is 0 Å². The number of halogens is 2. The number of ether oxygens (including phenoxy) is 1. The molecule has 0 heterocycles. The smallest absolute Gasteiger partial charge is 1.00 e. The van der Waals surface area contributed by atoms with Crippen molar-refractivity contribution >= 4 is 0 Å². The first-order valence-electron chi connectivity index (χ1n) is 3.93. The molecule has 0 aliphatic heterocycles. The van der Waals surface area contributed by atoms with Gasteiger partial charge < -0.3 is 24.8 Å². The molecule has 0 fully saturated rings. The first-order chi connectivity index (χ1) is 5.34. The fourth-order valence-electron chi connectivity index (χ4n) is 1.19. The summed E-state index contributed by atoms with van der Waals surface area (Å²) < 4.78 is 6.52. The molecule has 0 aromatic rings. The summed E-state index contributed by atoms with van der Waals surface area (Å²) in [5.41, 5.74) is 1.52. The van der Waals surface area contributed by atoms with E-state index in [1.807, 2.05) is 0 Å². The minimum absolute atomic E-state index is 0. The van der Waals surface area contributed by atoms with Gasteiger partial charge in [0, 0.05) is 0 Å². The monoisotopic (exact) mass is 255 g/mol. The predicted octanol–water partition coefficient (Wildman–Crippen LogP) is -3.82. The van der Waals surface area contributed by atoms with E-state index in [-0.39, 0.29) is 24.8 Å². The normalized spacial score (nSPS) is 14.1. The Bertz CT molecular complexity index is 190. The Kier molecular flexibility index (Phi) is 11.6. The molecule has 0 amide bonds. The van der Waals surface area contributed by atoms with Gasteiger partial charge in [0.15, 0.2) is 0 Å². The van der Waals surface area contributed by atoms with Crippen LogP contribution in [0.2, 0.25) is 0 Å². The van der Waals surface area contributed by atoms with Gasteiger partial charge in [-0.05, 0) is 0 Å². The Morgan fingerprint density at radius 1 is 1.46 bits per heavy atom. The molecule has 0 atom stereocenters. The number of hydrogen-bond donors (Lipinski definition) is 0. The molecule has 1 rings (SSSR count). The second kappa shape index (κ2) is 9.30. The van der Waals surface area contributed by atoms with Crippen molar-refractivity contribution in [2.75, 3.05) is 13.7 Å². The van der Waals surface area contributed by atoms with Crippen LogP contribution in [-0.4, -0.2) is 13.7 Å². The van der Waals surface area contributed by atoms with Crippen LogP contribution in [-0.2, 0) is 25.2 Å². The average Bonchev–Trinajstić information content (AvgIpc) is 2.37. The molecule has 0 aromatic carbocycles. The van der Waals surface area contributed by atoms with Crippen molar-refractivity contribution in [2.24, 2.45) is 0 Å². The SMILES string of the molecule is COCCCC1=[C]([Ti+2])CC=C1.[Cl-].[Cl-]. The van der Waals surface area contributed by atoms with E-state index in [1.54, 1.807) is 7.11 Å². The molecule has 0 saturated carbocycles. The van der Waals surface area contributed by atoms with Crippen molar-refractivity contribution in [2.45, 2.75) is 19.3 Å². The van der Waals surface area contributed by atoms with E-state index in [0.717, 1.165) is 19.4 Å². The van der Waals surface area contributed by atoms with Gasteiger partial charge in [-0.1, -0.05) is 0 Å². The fourth-order valence-corrected chi connectivity index (χ4v) is 1.70. The van der Waals surface area contributed by atoms with Gasteiger partial charge in [-0.25, -0.2) is 0 Å². The summed E-state index contributed by atoms with van der Waals surface area (Å²) in [5.74, 6) is 0. The molecule has 1 aliphatic carbocycles. The second-order valence-electron chi connectivity index (χ2n) is 2.71. The van der Waals surface area contributed by atoms with Crippen LogP contribution < -0.4 is 24.8 Å². The Balaban J connectivity index is 0.